The first kappa shape index (κ1) is 54.8. The molecule has 0 radical (unpaired) electrons. The van der Waals surface area contributed by atoms with Gasteiger partial charge in [-0.25, -0.2) is 0 Å². The van der Waals surface area contributed by atoms with Crippen molar-refractivity contribution in [1.82, 2.24) is 0 Å². The standard InChI is InChI=1S/C49H105N5O/c1-3-5-7-13-23-32-44(50)33-24-14-9-15-25-34-45(51)35-26-16-10-17-27-36-46(52)37-28-18-11-19-29-38-47(53)39-30-20-12-21-31-41-49(55)43-42-48(54)40-22-8-6-4-2/h44-49,55H,3-43,50-54H2,1-2H3. The molecule has 55 heavy (non-hydrogen) atoms. The van der Waals surface area contributed by atoms with Gasteiger partial charge in [-0.2, -0.15) is 0 Å². The van der Waals surface area contributed by atoms with Gasteiger partial charge in [-0.3, -0.25) is 0 Å². The lowest BCUT2D eigenvalue weighted by Crippen LogP contribution is -2.22. The summed E-state index contributed by atoms with van der Waals surface area (Å²) in [5, 5.41) is 10.3. The summed E-state index contributed by atoms with van der Waals surface area (Å²) in [4.78, 5) is 0. The lowest BCUT2D eigenvalue weighted by molar-refractivity contribution is 0.145. The van der Waals surface area contributed by atoms with E-state index in [0.717, 1.165) is 38.5 Å². The van der Waals surface area contributed by atoms with Crippen LogP contribution >= 0.6 is 0 Å². The first-order valence-electron chi connectivity index (χ1n) is 25.2. The minimum absolute atomic E-state index is 0.168. The molecular weight excluding hydrogens is 675 g/mol. The largest absolute Gasteiger partial charge is 0.393 e. The van der Waals surface area contributed by atoms with Crippen molar-refractivity contribution in [3.05, 3.63) is 0 Å². The van der Waals surface area contributed by atoms with E-state index in [1.807, 2.05) is 0 Å². The number of aliphatic hydroxyl groups excluding tert-OH is 1. The van der Waals surface area contributed by atoms with Crippen LogP contribution in [-0.4, -0.2) is 41.4 Å². The molecule has 0 heterocycles. The van der Waals surface area contributed by atoms with E-state index in [1.54, 1.807) is 0 Å². The fourth-order valence-electron chi connectivity index (χ4n) is 8.46. The number of unbranched alkanes of at least 4 members (excludes halogenated alkanes) is 23. The van der Waals surface area contributed by atoms with Gasteiger partial charge in [-0.1, -0.05) is 200 Å². The van der Waals surface area contributed by atoms with E-state index in [-0.39, 0.29) is 12.1 Å². The topological polar surface area (TPSA) is 150 Å². The monoisotopic (exact) mass is 780 g/mol. The molecule has 0 aromatic carbocycles. The zero-order valence-corrected chi connectivity index (χ0v) is 37.8. The van der Waals surface area contributed by atoms with Crippen LogP contribution in [-0.2, 0) is 0 Å². The van der Waals surface area contributed by atoms with Gasteiger partial charge in [0.2, 0.25) is 0 Å². The van der Waals surface area contributed by atoms with Crippen molar-refractivity contribution in [2.45, 2.75) is 313 Å². The fourth-order valence-corrected chi connectivity index (χ4v) is 8.46. The Morgan fingerprint density at radius 1 is 0.236 bits per heavy atom. The Morgan fingerprint density at radius 3 is 0.673 bits per heavy atom. The average Bonchev–Trinajstić information content (AvgIpc) is 3.17. The molecule has 0 bridgehead atoms. The number of hydrogen-bond donors (Lipinski definition) is 6. The Kier molecular flexibility index (Phi) is 43.2. The van der Waals surface area contributed by atoms with Gasteiger partial charge in [0.1, 0.15) is 0 Å². The molecule has 0 aliphatic rings. The number of nitrogens with two attached hydrogens (primary N) is 5. The van der Waals surface area contributed by atoms with Gasteiger partial charge in [0.05, 0.1) is 6.10 Å². The van der Waals surface area contributed by atoms with E-state index in [2.05, 4.69) is 13.8 Å². The van der Waals surface area contributed by atoms with Gasteiger partial charge in [0.15, 0.2) is 0 Å². The van der Waals surface area contributed by atoms with E-state index in [9.17, 15) is 5.11 Å². The third-order valence-corrected chi connectivity index (χ3v) is 12.5. The summed E-state index contributed by atoms with van der Waals surface area (Å²) in [6.07, 6.45) is 51.0. The highest BCUT2D eigenvalue weighted by Gasteiger charge is 2.10. The van der Waals surface area contributed by atoms with Crippen LogP contribution in [0.25, 0.3) is 0 Å². The molecule has 0 rings (SSSR count). The summed E-state index contributed by atoms with van der Waals surface area (Å²) in [5.41, 5.74) is 31.9. The van der Waals surface area contributed by atoms with Gasteiger partial charge in [-0.05, 0) is 77.0 Å². The maximum Gasteiger partial charge on any atom is 0.0540 e. The van der Waals surface area contributed by atoms with E-state index in [4.69, 9.17) is 28.7 Å². The molecule has 11 N–H and O–H groups in total. The van der Waals surface area contributed by atoms with Gasteiger partial charge in [0.25, 0.3) is 0 Å². The lowest BCUT2D eigenvalue weighted by Gasteiger charge is -2.15. The molecule has 6 nitrogen and oxygen atoms in total. The van der Waals surface area contributed by atoms with Gasteiger partial charge in [0, 0.05) is 30.2 Å². The average molecular weight is 780 g/mol. The smallest absolute Gasteiger partial charge is 0.0540 e. The van der Waals surface area contributed by atoms with Crippen molar-refractivity contribution < 1.29 is 5.11 Å². The predicted molar refractivity (Wildman–Crippen MR) is 247 cm³/mol. The highest BCUT2D eigenvalue weighted by atomic mass is 16.3. The summed E-state index contributed by atoms with van der Waals surface area (Å²) in [6.45, 7) is 4.52. The third-order valence-electron chi connectivity index (χ3n) is 12.5. The molecule has 0 amide bonds. The van der Waals surface area contributed by atoms with Crippen LogP contribution in [0.2, 0.25) is 0 Å². The molecule has 6 atom stereocenters. The summed E-state index contributed by atoms with van der Waals surface area (Å²) in [5.74, 6) is 0. The second-order valence-electron chi connectivity index (χ2n) is 18.5. The molecular formula is C49H105N5O. The molecule has 0 aromatic heterocycles. The molecule has 6 heteroatoms. The van der Waals surface area contributed by atoms with Crippen LogP contribution in [0.3, 0.4) is 0 Å². The van der Waals surface area contributed by atoms with Crippen molar-refractivity contribution >= 4 is 0 Å². The molecule has 0 spiro atoms. The Balaban J connectivity index is 3.42. The summed E-state index contributed by atoms with van der Waals surface area (Å²) in [6, 6.07) is 1.84. The van der Waals surface area contributed by atoms with Crippen molar-refractivity contribution in [3.8, 4) is 0 Å². The zero-order chi connectivity index (χ0) is 40.5. The van der Waals surface area contributed by atoms with Crippen molar-refractivity contribution in [2.24, 2.45) is 28.7 Å². The lowest BCUT2D eigenvalue weighted by atomic mass is 9.98. The first-order chi connectivity index (χ1) is 26.8. The van der Waals surface area contributed by atoms with Crippen molar-refractivity contribution in [2.75, 3.05) is 0 Å². The highest BCUT2D eigenvalue weighted by Crippen LogP contribution is 2.18. The maximum absolute atomic E-state index is 10.3. The Bertz CT molecular complexity index is 725. The Morgan fingerprint density at radius 2 is 0.418 bits per heavy atom. The molecule has 0 saturated carbocycles. The summed E-state index contributed by atoms with van der Waals surface area (Å²) in [7, 11) is 0. The number of hydrogen-bond acceptors (Lipinski definition) is 6. The summed E-state index contributed by atoms with van der Waals surface area (Å²) < 4.78 is 0. The minimum atomic E-state index is -0.168. The van der Waals surface area contributed by atoms with E-state index in [1.165, 1.54) is 225 Å². The van der Waals surface area contributed by atoms with Gasteiger partial charge < -0.3 is 33.8 Å². The highest BCUT2D eigenvalue weighted by molar-refractivity contribution is 4.68. The summed E-state index contributed by atoms with van der Waals surface area (Å²) >= 11 is 0. The molecule has 6 unspecified atom stereocenters. The Labute approximate surface area is 346 Å². The minimum Gasteiger partial charge on any atom is -0.393 e. The van der Waals surface area contributed by atoms with E-state index in [0.29, 0.717) is 24.2 Å². The zero-order valence-electron chi connectivity index (χ0n) is 37.8. The molecule has 0 saturated heterocycles. The van der Waals surface area contributed by atoms with Crippen molar-refractivity contribution in [3.63, 3.8) is 0 Å². The maximum atomic E-state index is 10.3. The molecule has 332 valence electrons. The quantitative estimate of drug-likeness (QED) is 0.0339. The predicted octanol–water partition coefficient (Wildman–Crippen LogP) is 13.0. The van der Waals surface area contributed by atoms with Gasteiger partial charge in [-0.15, -0.1) is 0 Å². The normalized spacial score (nSPS) is 15.3. The van der Waals surface area contributed by atoms with Crippen LogP contribution in [0.1, 0.15) is 277 Å². The third kappa shape index (κ3) is 43.2. The number of rotatable bonds is 46. The van der Waals surface area contributed by atoms with E-state index >= 15 is 0 Å². The Hall–Kier alpha value is -0.240. The van der Waals surface area contributed by atoms with Crippen LogP contribution in [0.15, 0.2) is 0 Å². The number of aliphatic hydroxyl groups is 1. The second-order valence-corrected chi connectivity index (χ2v) is 18.5. The first-order valence-corrected chi connectivity index (χ1v) is 25.2. The van der Waals surface area contributed by atoms with Crippen LogP contribution in [0, 0.1) is 0 Å². The van der Waals surface area contributed by atoms with Crippen LogP contribution < -0.4 is 28.7 Å². The van der Waals surface area contributed by atoms with Crippen LogP contribution in [0.4, 0.5) is 0 Å². The molecule has 0 aromatic rings. The van der Waals surface area contributed by atoms with Crippen molar-refractivity contribution in [1.29, 1.82) is 0 Å². The molecule has 0 aliphatic carbocycles. The second kappa shape index (κ2) is 43.3. The SMILES string of the molecule is CCCCCCCC(N)CCCCCCCC(N)CCCCCCCC(N)CCCCCCCC(N)CCCCCCCC(O)CCC(N)CCCCCC. The molecule has 0 fully saturated rings. The van der Waals surface area contributed by atoms with Gasteiger partial charge >= 0.3 is 0 Å². The fraction of sp³-hybridized carbons (Fsp3) is 1.00. The van der Waals surface area contributed by atoms with E-state index < -0.39 is 0 Å². The van der Waals surface area contributed by atoms with Crippen LogP contribution in [0.5, 0.6) is 0 Å². The molecule has 0 aliphatic heterocycles.